The zero-order chi connectivity index (χ0) is 14.4. The van der Waals surface area contributed by atoms with E-state index >= 15 is 0 Å². The van der Waals surface area contributed by atoms with Gasteiger partial charge in [0.2, 0.25) is 0 Å². The molecule has 0 unspecified atom stereocenters. The maximum absolute atomic E-state index is 12.3. The Hall–Kier alpha value is -2.24. The second-order valence-electron chi connectivity index (χ2n) is 4.86. The van der Waals surface area contributed by atoms with Crippen LogP contribution in [0.2, 0.25) is 0 Å². The predicted octanol–water partition coefficient (Wildman–Crippen LogP) is 2.19. The van der Waals surface area contributed by atoms with Crippen LogP contribution in [0.3, 0.4) is 0 Å². The molecular weight excluding hydrogens is 256 g/mol. The number of para-hydroxylation sites is 1. The van der Waals surface area contributed by atoms with Crippen molar-refractivity contribution < 1.29 is 10.0 Å². The smallest absolute Gasteiger partial charge is 0.321 e. The zero-order valence-corrected chi connectivity index (χ0v) is 11.4. The number of amidine groups is 1. The number of oxime groups is 1. The van der Waals surface area contributed by atoms with Gasteiger partial charge in [-0.25, -0.2) is 4.79 Å². The van der Waals surface area contributed by atoms with E-state index in [9.17, 15) is 4.79 Å². The standard InChI is InChI=1S/C14H20N4O2/c15-13(17-20)11-7-3-4-8-12(11)16-14(19)18-9-5-1-2-6-10-18/h3-4,7-8,20H,1-2,5-6,9-10H2,(H2,15,17)(H,16,19). The third kappa shape index (κ3) is 3.40. The Morgan fingerprint density at radius 3 is 2.50 bits per heavy atom. The fraction of sp³-hybridized carbons (Fsp3) is 0.429. The molecule has 4 N–H and O–H groups in total. The van der Waals surface area contributed by atoms with Gasteiger partial charge in [0.15, 0.2) is 5.84 Å². The Kier molecular flexibility index (Phi) is 4.81. The van der Waals surface area contributed by atoms with Crippen LogP contribution in [0.5, 0.6) is 0 Å². The van der Waals surface area contributed by atoms with Crippen LogP contribution >= 0.6 is 0 Å². The zero-order valence-electron chi connectivity index (χ0n) is 11.4. The van der Waals surface area contributed by atoms with E-state index in [0.717, 1.165) is 25.9 Å². The number of carbonyl (C=O) groups excluding carboxylic acids is 1. The monoisotopic (exact) mass is 276 g/mol. The Morgan fingerprint density at radius 1 is 1.20 bits per heavy atom. The summed E-state index contributed by atoms with van der Waals surface area (Å²) in [7, 11) is 0. The van der Waals surface area contributed by atoms with Crippen LogP contribution in [-0.2, 0) is 0 Å². The molecule has 1 aromatic rings. The van der Waals surface area contributed by atoms with Gasteiger partial charge in [0.05, 0.1) is 5.69 Å². The molecule has 1 aliphatic rings. The highest BCUT2D eigenvalue weighted by Crippen LogP contribution is 2.17. The number of nitrogens with two attached hydrogens (primary N) is 1. The van der Waals surface area contributed by atoms with E-state index in [4.69, 9.17) is 10.9 Å². The summed E-state index contributed by atoms with van der Waals surface area (Å²) < 4.78 is 0. The number of rotatable bonds is 2. The summed E-state index contributed by atoms with van der Waals surface area (Å²) in [6, 6.07) is 6.88. The first kappa shape index (κ1) is 14.2. The third-order valence-electron chi connectivity index (χ3n) is 3.45. The first-order chi connectivity index (χ1) is 9.72. The van der Waals surface area contributed by atoms with Crippen molar-refractivity contribution in [2.45, 2.75) is 25.7 Å². The van der Waals surface area contributed by atoms with Crippen LogP contribution < -0.4 is 11.1 Å². The molecule has 2 amide bonds. The number of urea groups is 1. The summed E-state index contributed by atoms with van der Waals surface area (Å²) in [5.74, 6) is -0.0169. The van der Waals surface area contributed by atoms with Gasteiger partial charge < -0.3 is 21.2 Å². The first-order valence-corrected chi connectivity index (χ1v) is 6.85. The molecule has 0 aliphatic carbocycles. The van der Waals surface area contributed by atoms with Gasteiger partial charge in [-0.05, 0) is 25.0 Å². The summed E-state index contributed by atoms with van der Waals surface area (Å²) >= 11 is 0. The predicted molar refractivity (Wildman–Crippen MR) is 78.0 cm³/mol. The molecule has 1 aliphatic heterocycles. The van der Waals surface area contributed by atoms with Gasteiger partial charge in [0, 0.05) is 18.7 Å². The average Bonchev–Trinajstić information content (AvgIpc) is 2.76. The molecule has 6 heteroatoms. The minimum Gasteiger partial charge on any atom is -0.409 e. The molecule has 2 rings (SSSR count). The van der Waals surface area contributed by atoms with Crippen LogP contribution in [0.25, 0.3) is 0 Å². The largest absolute Gasteiger partial charge is 0.409 e. The van der Waals surface area contributed by atoms with E-state index in [1.165, 1.54) is 12.8 Å². The van der Waals surface area contributed by atoms with Gasteiger partial charge in [-0.15, -0.1) is 0 Å². The molecule has 0 bridgehead atoms. The number of hydrogen-bond acceptors (Lipinski definition) is 3. The molecule has 1 fully saturated rings. The highest BCUT2D eigenvalue weighted by molar-refractivity contribution is 6.05. The molecule has 1 heterocycles. The number of carbonyl (C=O) groups is 1. The fourth-order valence-electron chi connectivity index (χ4n) is 2.34. The number of nitrogens with zero attached hydrogens (tertiary/aromatic N) is 2. The SMILES string of the molecule is NC(=NO)c1ccccc1NC(=O)N1CCCCCC1. The van der Waals surface area contributed by atoms with Crippen LogP contribution in [-0.4, -0.2) is 35.1 Å². The summed E-state index contributed by atoms with van der Waals surface area (Å²) in [5.41, 5.74) is 6.67. The van der Waals surface area contributed by atoms with Crippen LogP contribution in [0.4, 0.5) is 10.5 Å². The van der Waals surface area contributed by atoms with Gasteiger partial charge >= 0.3 is 6.03 Å². The van der Waals surface area contributed by atoms with E-state index in [1.54, 1.807) is 24.3 Å². The van der Waals surface area contributed by atoms with E-state index in [0.29, 0.717) is 11.3 Å². The van der Waals surface area contributed by atoms with Crippen molar-refractivity contribution >= 4 is 17.6 Å². The lowest BCUT2D eigenvalue weighted by Crippen LogP contribution is -2.36. The average molecular weight is 276 g/mol. The molecule has 0 radical (unpaired) electrons. The van der Waals surface area contributed by atoms with E-state index < -0.39 is 0 Å². The van der Waals surface area contributed by atoms with Gasteiger partial charge in [-0.2, -0.15) is 0 Å². The lowest BCUT2D eigenvalue weighted by molar-refractivity contribution is 0.214. The van der Waals surface area contributed by atoms with Crippen LogP contribution in [0, 0.1) is 0 Å². The second kappa shape index (κ2) is 6.79. The highest BCUT2D eigenvalue weighted by Gasteiger charge is 2.17. The maximum Gasteiger partial charge on any atom is 0.321 e. The van der Waals surface area contributed by atoms with E-state index in [2.05, 4.69) is 10.5 Å². The Labute approximate surface area is 118 Å². The topological polar surface area (TPSA) is 91.0 Å². The second-order valence-corrected chi connectivity index (χ2v) is 4.86. The summed E-state index contributed by atoms with van der Waals surface area (Å²) in [5, 5.41) is 14.6. The molecule has 0 atom stereocenters. The normalized spacial score (nSPS) is 16.6. The molecule has 20 heavy (non-hydrogen) atoms. The first-order valence-electron chi connectivity index (χ1n) is 6.85. The number of amides is 2. The summed E-state index contributed by atoms with van der Waals surface area (Å²) in [6.07, 6.45) is 4.42. The van der Waals surface area contributed by atoms with Crippen molar-refractivity contribution in [1.29, 1.82) is 0 Å². The quantitative estimate of drug-likeness (QED) is 0.334. The van der Waals surface area contributed by atoms with Crippen molar-refractivity contribution in [3.05, 3.63) is 29.8 Å². The lowest BCUT2D eigenvalue weighted by atomic mass is 10.1. The van der Waals surface area contributed by atoms with Crippen LogP contribution in [0.1, 0.15) is 31.2 Å². The van der Waals surface area contributed by atoms with Crippen molar-refractivity contribution in [3.8, 4) is 0 Å². The van der Waals surface area contributed by atoms with Crippen LogP contribution in [0.15, 0.2) is 29.4 Å². The lowest BCUT2D eigenvalue weighted by Gasteiger charge is -2.21. The number of likely N-dealkylation sites (tertiary alicyclic amines) is 1. The Balaban J connectivity index is 2.11. The Morgan fingerprint density at radius 2 is 1.85 bits per heavy atom. The van der Waals surface area contributed by atoms with Crippen molar-refractivity contribution in [2.75, 3.05) is 18.4 Å². The molecule has 0 saturated carbocycles. The third-order valence-corrected chi connectivity index (χ3v) is 3.45. The molecule has 1 saturated heterocycles. The molecule has 6 nitrogen and oxygen atoms in total. The van der Waals surface area contributed by atoms with Crippen molar-refractivity contribution in [1.82, 2.24) is 4.90 Å². The molecule has 1 aromatic carbocycles. The summed E-state index contributed by atoms with van der Waals surface area (Å²) in [4.78, 5) is 14.1. The van der Waals surface area contributed by atoms with Crippen molar-refractivity contribution in [3.63, 3.8) is 0 Å². The molecular formula is C14H20N4O2. The van der Waals surface area contributed by atoms with E-state index in [-0.39, 0.29) is 11.9 Å². The van der Waals surface area contributed by atoms with Gasteiger partial charge in [-0.1, -0.05) is 30.1 Å². The summed E-state index contributed by atoms with van der Waals surface area (Å²) in [6.45, 7) is 1.55. The minimum atomic E-state index is -0.134. The number of hydrogen-bond donors (Lipinski definition) is 3. The highest BCUT2D eigenvalue weighted by atomic mass is 16.4. The number of benzene rings is 1. The van der Waals surface area contributed by atoms with Crippen molar-refractivity contribution in [2.24, 2.45) is 10.9 Å². The minimum absolute atomic E-state index is 0.0169. The molecule has 0 spiro atoms. The van der Waals surface area contributed by atoms with Gasteiger partial charge in [0.1, 0.15) is 0 Å². The fourth-order valence-corrected chi connectivity index (χ4v) is 2.34. The maximum atomic E-state index is 12.3. The Bertz CT molecular complexity index is 494. The van der Waals surface area contributed by atoms with Gasteiger partial charge in [-0.3, -0.25) is 0 Å². The molecule has 0 aromatic heterocycles. The van der Waals surface area contributed by atoms with Gasteiger partial charge in [0.25, 0.3) is 0 Å². The number of anilines is 1. The van der Waals surface area contributed by atoms with E-state index in [1.807, 2.05) is 4.90 Å². The molecule has 108 valence electrons. The number of nitrogens with one attached hydrogen (secondary N) is 1.